The van der Waals surface area contributed by atoms with Crippen LogP contribution in [-0.2, 0) is 14.3 Å². The molecular formula is C47H89NO9. The Morgan fingerprint density at radius 2 is 1.04 bits per heavy atom. The van der Waals surface area contributed by atoms with Crippen molar-refractivity contribution in [2.24, 2.45) is 0 Å². The molecule has 1 fully saturated rings. The second kappa shape index (κ2) is 37.6. The zero-order chi connectivity index (χ0) is 41.8. The van der Waals surface area contributed by atoms with Gasteiger partial charge in [0.2, 0.25) is 5.91 Å². The lowest BCUT2D eigenvalue weighted by molar-refractivity contribution is -0.302. The van der Waals surface area contributed by atoms with Crippen molar-refractivity contribution in [3.8, 4) is 0 Å². The number of allylic oxidation sites excluding steroid dienone is 3. The van der Waals surface area contributed by atoms with Gasteiger partial charge in [0, 0.05) is 0 Å². The number of carbonyl (C=O) groups is 1. The third-order valence-electron chi connectivity index (χ3n) is 11.4. The van der Waals surface area contributed by atoms with Crippen LogP contribution < -0.4 is 5.32 Å². The van der Waals surface area contributed by atoms with Gasteiger partial charge in [-0.25, -0.2) is 0 Å². The normalized spacial score (nSPS) is 21.7. The fourth-order valence-electron chi connectivity index (χ4n) is 7.47. The topological polar surface area (TPSA) is 169 Å². The Kier molecular flexibility index (Phi) is 35.4. The van der Waals surface area contributed by atoms with Crippen LogP contribution in [0.4, 0.5) is 0 Å². The molecule has 8 unspecified atom stereocenters. The predicted octanol–water partition coefficient (Wildman–Crippen LogP) is 8.86. The summed E-state index contributed by atoms with van der Waals surface area (Å²) in [6.07, 6.45) is 34.2. The van der Waals surface area contributed by atoms with Gasteiger partial charge in [-0.15, -0.1) is 0 Å². The van der Waals surface area contributed by atoms with Crippen molar-refractivity contribution < 1.29 is 44.9 Å². The van der Waals surface area contributed by atoms with E-state index in [1.807, 2.05) is 6.08 Å². The molecule has 0 spiro atoms. The molecule has 57 heavy (non-hydrogen) atoms. The SMILES string of the molecule is CCCCCCCC/C=C/CC/C=C/C(O)C(COC1OC(CO)C(O)C(O)C1O)NC(=O)C(O)CCCCCCCCCCCCCCCCCCCCCC. The standard InChI is InChI=1S/C47H89NO9/c1-3-5-7-9-11-13-15-17-18-19-20-21-22-23-24-26-28-30-32-34-36-41(51)46(55)48-39(38-56-47-45(54)44(53)43(52)42(37-49)57-47)40(50)35-33-31-29-27-25-16-14-12-10-8-6-4-2/h25,27,33,35,39-45,47,49-54H,3-24,26,28-32,34,36-38H2,1-2H3,(H,48,55)/b27-25+,35-33+. The molecule has 10 nitrogen and oxygen atoms in total. The zero-order valence-corrected chi connectivity index (χ0v) is 36.5. The molecule has 1 rings (SSSR count). The molecule has 10 heteroatoms. The highest BCUT2D eigenvalue weighted by molar-refractivity contribution is 5.80. The van der Waals surface area contributed by atoms with Crippen LogP contribution in [0.5, 0.6) is 0 Å². The van der Waals surface area contributed by atoms with Crippen molar-refractivity contribution >= 4 is 5.91 Å². The highest BCUT2D eigenvalue weighted by Crippen LogP contribution is 2.23. The zero-order valence-electron chi connectivity index (χ0n) is 36.5. The predicted molar refractivity (Wildman–Crippen MR) is 232 cm³/mol. The van der Waals surface area contributed by atoms with E-state index in [4.69, 9.17) is 9.47 Å². The van der Waals surface area contributed by atoms with Crippen LogP contribution >= 0.6 is 0 Å². The number of hydrogen-bond acceptors (Lipinski definition) is 9. The Morgan fingerprint density at radius 1 is 0.596 bits per heavy atom. The first-order valence-corrected chi connectivity index (χ1v) is 23.7. The summed E-state index contributed by atoms with van der Waals surface area (Å²) in [6.45, 7) is 3.58. The number of aliphatic hydroxyl groups is 6. The largest absolute Gasteiger partial charge is 0.394 e. The van der Waals surface area contributed by atoms with E-state index in [1.165, 1.54) is 141 Å². The Labute approximate surface area is 348 Å². The summed E-state index contributed by atoms with van der Waals surface area (Å²) in [5, 5.41) is 64.6. The molecule has 1 aliphatic heterocycles. The van der Waals surface area contributed by atoms with Crippen LogP contribution in [0.1, 0.15) is 206 Å². The molecule has 1 saturated heterocycles. The van der Waals surface area contributed by atoms with Gasteiger partial charge in [0.25, 0.3) is 0 Å². The number of hydrogen-bond donors (Lipinski definition) is 7. The summed E-state index contributed by atoms with van der Waals surface area (Å²) in [5.74, 6) is -0.625. The maximum Gasteiger partial charge on any atom is 0.249 e. The van der Waals surface area contributed by atoms with Gasteiger partial charge in [-0.05, 0) is 32.1 Å². The summed E-state index contributed by atoms with van der Waals surface area (Å²) >= 11 is 0. The maximum atomic E-state index is 13.0. The monoisotopic (exact) mass is 812 g/mol. The second-order valence-corrected chi connectivity index (χ2v) is 16.7. The highest BCUT2D eigenvalue weighted by atomic mass is 16.7. The first-order chi connectivity index (χ1) is 27.8. The van der Waals surface area contributed by atoms with Gasteiger partial charge in [0.15, 0.2) is 6.29 Å². The first-order valence-electron chi connectivity index (χ1n) is 23.7. The van der Waals surface area contributed by atoms with Gasteiger partial charge in [-0.1, -0.05) is 199 Å². The highest BCUT2D eigenvalue weighted by Gasteiger charge is 2.44. The number of amides is 1. The van der Waals surface area contributed by atoms with Crippen LogP contribution in [0.3, 0.4) is 0 Å². The molecule has 0 aromatic carbocycles. The van der Waals surface area contributed by atoms with E-state index in [0.717, 1.165) is 32.1 Å². The molecule has 0 aliphatic carbocycles. The molecule has 0 aromatic rings. The quantitative estimate of drug-likeness (QED) is 0.0237. The van der Waals surface area contributed by atoms with Crippen LogP contribution in [0.25, 0.3) is 0 Å². The third kappa shape index (κ3) is 27.9. The summed E-state index contributed by atoms with van der Waals surface area (Å²) in [4.78, 5) is 13.0. The number of rotatable bonds is 39. The molecule has 0 bridgehead atoms. The smallest absolute Gasteiger partial charge is 0.249 e. The number of carbonyl (C=O) groups excluding carboxylic acids is 1. The molecule has 0 aromatic heterocycles. The minimum absolute atomic E-state index is 0.308. The van der Waals surface area contributed by atoms with Crippen molar-refractivity contribution in [2.75, 3.05) is 13.2 Å². The van der Waals surface area contributed by atoms with E-state index >= 15 is 0 Å². The molecule has 1 amide bonds. The molecule has 1 heterocycles. The fraction of sp³-hybridized carbons (Fsp3) is 0.894. The molecule has 336 valence electrons. The fourth-order valence-corrected chi connectivity index (χ4v) is 7.47. The summed E-state index contributed by atoms with van der Waals surface area (Å²) in [6, 6.07) is -0.992. The van der Waals surface area contributed by atoms with E-state index in [-0.39, 0.29) is 6.61 Å². The summed E-state index contributed by atoms with van der Waals surface area (Å²) in [7, 11) is 0. The van der Waals surface area contributed by atoms with E-state index < -0.39 is 61.5 Å². The van der Waals surface area contributed by atoms with Gasteiger partial charge < -0.3 is 45.4 Å². The van der Waals surface area contributed by atoms with E-state index in [9.17, 15) is 35.4 Å². The van der Waals surface area contributed by atoms with Crippen LogP contribution in [0.2, 0.25) is 0 Å². The van der Waals surface area contributed by atoms with Crippen LogP contribution in [0, 0.1) is 0 Å². The number of ether oxygens (including phenoxy) is 2. The first kappa shape index (κ1) is 53.6. The average molecular weight is 812 g/mol. The van der Waals surface area contributed by atoms with Gasteiger partial charge in [-0.3, -0.25) is 4.79 Å². The van der Waals surface area contributed by atoms with E-state index in [0.29, 0.717) is 19.3 Å². The van der Waals surface area contributed by atoms with Gasteiger partial charge in [0.05, 0.1) is 25.4 Å². The van der Waals surface area contributed by atoms with Crippen LogP contribution in [-0.4, -0.2) is 98.7 Å². The Balaban J connectivity index is 2.36. The molecule has 8 atom stereocenters. The lowest BCUT2D eigenvalue weighted by atomic mass is 9.99. The van der Waals surface area contributed by atoms with Gasteiger partial charge in [0.1, 0.15) is 30.5 Å². The maximum absolute atomic E-state index is 13.0. The second-order valence-electron chi connectivity index (χ2n) is 16.7. The molecule has 7 N–H and O–H groups in total. The third-order valence-corrected chi connectivity index (χ3v) is 11.4. The molecule has 0 radical (unpaired) electrons. The van der Waals surface area contributed by atoms with Gasteiger partial charge >= 0.3 is 0 Å². The molecule has 0 saturated carbocycles. The van der Waals surface area contributed by atoms with E-state index in [1.54, 1.807) is 6.08 Å². The summed E-state index contributed by atoms with van der Waals surface area (Å²) in [5.41, 5.74) is 0. The lowest BCUT2D eigenvalue weighted by Gasteiger charge is -2.40. The average Bonchev–Trinajstić information content (AvgIpc) is 3.21. The van der Waals surface area contributed by atoms with Crippen molar-refractivity contribution in [2.45, 2.75) is 255 Å². The van der Waals surface area contributed by atoms with Crippen molar-refractivity contribution in [1.29, 1.82) is 0 Å². The summed E-state index contributed by atoms with van der Waals surface area (Å²) < 4.78 is 11.1. The van der Waals surface area contributed by atoms with E-state index in [2.05, 4.69) is 31.3 Å². The van der Waals surface area contributed by atoms with Crippen LogP contribution in [0.15, 0.2) is 24.3 Å². The molecular weight excluding hydrogens is 723 g/mol. The number of unbranched alkanes of at least 4 members (excludes halogenated alkanes) is 26. The Hall–Kier alpha value is -1.37. The Morgan fingerprint density at radius 3 is 1.53 bits per heavy atom. The van der Waals surface area contributed by atoms with Crippen molar-refractivity contribution in [3.05, 3.63) is 24.3 Å². The lowest BCUT2D eigenvalue weighted by Crippen LogP contribution is -2.60. The van der Waals surface area contributed by atoms with Crippen molar-refractivity contribution in [1.82, 2.24) is 5.32 Å². The van der Waals surface area contributed by atoms with Crippen molar-refractivity contribution in [3.63, 3.8) is 0 Å². The number of nitrogens with one attached hydrogen (secondary N) is 1. The molecule has 1 aliphatic rings. The minimum atomic E-state index is -1.61. The number of aliphatic hydroxyl groups excluding tert-OH is 6. The Bertz CT molecular complexity index is 963. The minimum Gasteiger partial charge on any atom is -0.394 e. The van der Waals surface area contributed by atoms with Gasteiger partial charge in [-0.2, -0.15) is 0 Å².